The van der Waals surface area contributed by atoms with Crippen LogP contribution in [0.1, 0.15) is 34.1 Å². The monoisotopic (exact) mass is 450 g/mol. The van der Waals surface area contributed by atoms with Gasteiger partial charge in [-0.2, -0.15) is 11.3 Å². The van der Waals surface area contributed by atoms with Crippen molar-refractivity contribution in [2.24, 2.45) is 0 Å². The lowest BCUT2D eigenvalue weighted by atomic mass is 10.1. The van der Waals surface area contributed by atoms with Crippen LogP contribution in [0.2, 0.25) is 0 Å². The highest BCUT2D eigenvalue weighted by Crippen LogP contribution is 2.20. The Balaban J connectivity index is 1.63. The summed E-state index contributed by atoms with van der Waals surface area (Å²) >= 11 is 1.38. The second kappa shape index (κ2) is 9.40. The smallest absolute Gasteiger partial charge is 0.340 e. The fraction of sp³-hybridized carbons (Fsp3) is 0.350. The first kappa shape index (κ1) is 22.0. The van der Waals surface area contributed by atoms with Gasteiger partial charge in [-0.15, -0.1) is 0 Å². The first-order valence-electron chi connectivity index (χ1n) is 9.40. The minimum Gasteiger partial charge on any atom is -0.452 e. The van der Waals surface area contributed by atoms with Crippen LogP contribution in [0.4, 0.5) is 5.69 Å². The zero-order valence-electron chi connectivity index (χ0n) is 16.4. The van der Waals surface area contributed by atoms with E-state index in [-0.39, 0.29) is 28.7 Å². The lowest BCUT2D eigenvalue weighted by molar-refractivity contribution is -0.136. The molecule has 1 unspecified atom stereocenters. The minimum absolute atomic E-state index is 0.0540. The number of hydrogen-bond acceptors (Lipinski definition) is 7. The number of para-hydroxylation sites is 1. The molecule has 1 aliphatic rings. The van der Waals surface area contributed by atoms with Crippen LogP contribution in [0.3, 0.4) is 0 Å². The van der Waals surface area contributed by atoms with Crippen molar-refractivity contribution in [2.45, 2.75) is 19.4 Å². The first-order valence-corrected chi connectivity index (χ1v) is 12.2. The SMILES string of the molecule is CCN(C(=O)COC(=O)c1ccccc1NC(=O)c1ccsc1)C1CCS(=O)(=O)C1. The van der Waals surface area contributed by atoms with Gasteiger partial charge in [0, 0.05) is 18.0 Å². The average molecular weight is 451 g/mol. The number of thiophene rings is 1. The van der Waals surface area contributed by atoms with Gasteiger partial charge >= 0.3 is 5.97 Å². The Bertz CT molecular complexity index is 1030. The van der Waals surface area contributed by atoms with Gasteiger partial charge in [0.2, 0.25) is 0 Å². The number of amides is 2. The van der Waals surface area contributed by atoms with Gasteiger partial charge < -0.3 is 15.0 Å². The second-order valence-corrected chi connectivity index (χ2v) is 9.83. The summed E-state index contributed by atoms with van der Waals surface area (Å²) < 4.78 is 28.5. The first-order chi connectivity index (χ1) is 14.3. The molecule has 1 N–H and O–H groups in total. The molecule has 2 amide bonds. The van der Waals surface area contributed by atoms with Crippen molar-refractivity contribution in [1.82, 2.24) is 4.90 Å². The average Bonchev–Trinajstić information content (AvgIpc) is 3.37. The van der Waals surface area contributed by atoms with Crippen LogP contribution in [-0.4, -0.2) is 61.8 Å². The molecule has 0 spiro atoms. The Morgan fingerprint density at radius 3 is 2.63 bits per heavy atom. The molecule has 0 aliphatic carbocycles. The molecular weight excluding hydrogens is 428 g/mol. The maximum Gasteiger partial charge on any atom is 0.340 e. The van der Waals surface area contributed by atoms with Crippen LogP contribution in [-0.2, 0) is 19.4 Å². The molecule has 1 aliphatic heterocycles. The number of nitrogens with one attached hydrogen (secondary N) is 1. The van der Waals surface area contributed by atoms with E-state index in [1.54, 1.807) is 41.9 Å². The van der Waals surface area contributed by atoms with Crippen molar-refractivity contribution >= 4 is 44.6 Å². The van der Waals surface area contributed by atoms with Gasteiger partial charge in [-0.1, -0.05) is 12.1 Å². The van der Waals surface area contributed by atoms with Crippen molar-refractivity contribution in [1.29, 1.82) is 0 Å². The third-order valence-electron chi connectivity index (χ3n) is 4.82. The number of anilines is 1. The maximum absolute atomic E-state index is 12.5. The lowest BCUT2D eigenvalue weighted by Crippen LogP contribution is -2.43. The van der Waals surface area contributed by atoms with Crippen LogP contribution in [0.5, 0.6) is 0 Å². The Kier molecular flexibility index (Phi) is 6.88. The molecule has 3 rings (SSSR count). The second-order valence-electron chi connectivity index (χ2n) is 6.82. The molecule has 1 saturated heterocycles. The van der Waals surface area contributed by atoms with E-state index in [1.165, 1.54) is 22.3 Å². The van der Waals surface area contributed by atoms with Crippen molar-refractivity contribution in [3.05, 3.63) is 52.2 Å². The van der Waals surface area contributed by atoms with Gasteiger partial charge in [-0.3, -0.25) is 9.59 Å². The fourth-order valence-electron chi connectivity index (χ4n) is 3.31. The Hall–Kier alpha value is -2.72. The quantitative estimate of drug-likeness (QED) is 0.648. The van der Waals surface area contributed by atoms with Gasteiger partial charge in [0.1, 0.15) is 0 Å². The van der Waals surface area contributed by atoms with Crippen molar-refractivity contribution in [2.75, 3.05) is 30.0 Å². The van der Waals surface area contributed by atoms with E-state index in [0.717, 1.165) is 0 Å². The summed E-state index contributed by atoms with van der Waals surface area (Å²) in [5.41, 5.74) is 0.879. The van der Waals surface area contributed by atoms with E-state index in [4.69, 9.17) is 4.74 Å². The van der Waals surface area contributed by atoms with Crippen LogP contribution in [0.25, 0.3) is 0 Å². The predicted molar refractivity (Wildman–Crippen MR) is 113 cm³/mol. The van der Waals surface area contributed by atoms with Gasteiger partial charge in [0.05, 0.1) is 28.3 Å². The van der Waals surface area contributed by atoms with E-state index < -0.39 is 34.4 Å². The lowest BCUT2D eigenvalue weighted by Gasteiger charge is -2.26. The molecule has 1 atom stereocenters. The topological polar surface area (TPSA) is 110 Å². The molecule has 0 saturated carbocycles. The number of sulfone groups is 1. The molecule has 1 aromatic carbocycles. The van der Waals surface area contributed by atoms with Gasteiger partial charge in [0.15, 0.2) is 16.4 Å². The molecule has 2 aromatic rings. The number of carbonyl (C=O) groups is 3. The number of esters is 1. The largest absolute Gasteiger partial charge is 0.452 e. The number of ether oxygens (including phenoxy) is 1. The number of rotatable bonds is 7. The molecule has 0 bridgehead atoms. The minimum atomic E-state index is -3.14. The van der Waals surface area contributed by atoms with E-state index >= 15 is 0 Å². The molecular formula is C20H22N2O6S2. The summed E-state index contributed by atoms with van der Waals surface area (Å²) in [5, 5.41) is 6.14. The zero-order valence-corrected chi connectivity index (χ0v) is 18.0. The summed E-state index contributed by atoms with van der Waals surface area (Å²) in [6.07, 6.45) is 0.382. The third kappa shape index (κ3) is 5.25. The number of benzene rings is 1. The van der Waals surface area contributed by atoms with Crippen LogP contribution < -0.4 is 5.32 Å². The molecule has 1 fully saturated rings. The normalized spacial score (nSPS) is 17.3. The van der Waals surface area contributed by atoms with Crippen molar-refractivity contribution in [3.8, 4) is 0 Å². The Morgan fingerprint density at radius 1 is 1.23 bits per heavy atom. The van der Waals surface area contributed by atoms with Gasteiger partial charge in [-0.05, 0) is 36.9 Å². The number of hydrogen-bond donors (Lipinski definition) is 1. The van der Waals surface area contributed by atoms with Crippen molar-refractivity contribution < 1.29 is 27.5 Å². The molecule has 160 valence electrons. The number of likely N-dealkylation sites (N-methyl/N-ethyl adjacent to an activating group) is 1. The van der Waals surface area contributed by atoms with E-state index in [9.17, 15) is 22.8 Å². The highest BCUT2D eigenvalue weighted by atomic mass is 32.2. The zero-order chi connectivity index (χ0) is 21.7. The summed E-state index contributed by atoms with van der Waals surface area (Å²) in [7, 11) is -3.14. The molecule has 2 heterocycles. The fourth-order valence-corrected chi connectivity index (χ4v) is 5.67. The predicted octanol–water partition coefficient (Wildman–Crippen LogP) is 2.19. The molecule has 0 radical (unpaired) electrons. The van der Waals surface area contributed by atoms with Crippen molar-refractivity contribution in [3.63, 3.8) is 0 Å². The Labute approximate surface area is 178 Å². The highest BCUT2D eigenvalue weighted by Gasteiger charge is 2.34. The summed E-state index contributed by atoms with van der Waals surface area (Å²) in [6, 6.07) is 7.64. The maximum atomic E-state index is 12.5. The third-order valence-corrected chi connectivity index (χ3v) is 7.25. The van der Waals surface area contributed by atoms with E-state index in [0.29, 0.717) is 18.5 Å². The van der Waals surface area contributed by atoms with Crippen LogP contribution in [0.15, 0.2) is 41.1 Å². The van der Waals surface area contributed by atoms with E-state index in [2.05, 4.69) is 5.32 Å². The summed E-state index contributed by atoms with van der Waals surface area (Å²) in [4.78, 5) is 38.8. The molecule has 1 aromatic heterocycles. The van der Waals surface area contributed by atoms with Gasteiger partial charge in [0.25, 0.3) is 11.8 Å². The highest BCUT2D eigenvalue weighted by molar-refractivity contribution is 7.91. The van der Waals surface area contributed by atoms with Gasteiger partial charge in [-0.25, -0.2) is 13.2 Å². The summed E-state index contributed by atoms with van der Waals surface area (Å²) in [5.74, 6) is -1.57. The molecule has 30 heavy (non-hydrogen) atoms. The summed E-state index contributed by atoms with van der Waals surface area (Å²) in [6.45, 7) is 1.57. The standard InChI is InChI=1S/C20H22N2O6S2/c1-2-22(15-8-10-30(26,27)13-15)18(23)11-28-20(25)16-5-3-4-6-17(16)21-19(24)14-7-9-29-12-14/h3-7,9,12,15H,2,8,10-11,13H2,1H3,(H,21,24). The number of nitrogens with zero attached hydrogens (tertiary/aromatic N) is 1. The number of carbonyl (C=O) groups excluding carboxylic acids is 3. The Morgan fingerprint density at radius 2 is 2.00 bits per heavy atom. The van der Waals surface area contributed by atoms with Crippen LogP contribution >= 0.6 is 11.3 Å². The molecule has 10 heteroatoms. The molecule has 8 nitrogen and oxygen atoms in total. The van der Waals surface area contributed by atoms with E-state index in [1.807, 2.05) is 0 Å². The van der Waals surface area contributed by atoms with Crippen LogP contribution in [0, 0.1) is 0 Å².